The number of hydrogen-bond acceptors (Lipinski definition) is 5. The Bertz CT molecular complexity index is 947. The molecule has 3 aromatic rings. The molecule has 1 aromatic carbocycles. The molecule has 2 amide bonds. The monoisotopic (exact) mass is 409 g/mol. The summed E-state index contributed by atoms with van der Waals surface area (Å²) in [6.45, 7) is 1.52. The molecule has 1 fully saturated rings. The molecule has 4 rings (SSSR count). The van der Waals surface area contributed by atoms with Gasteiger partial charge in [-0.2, -0.15) is 0 Å². The van der Waals surface area contributed by atoms with E-state index in [1.54, 1.807) is 12.3 Å². The molecule has 0 bridgehead atoms. The Hall–Kier alpha value is -2.93. The van der Waals surface area contributed by atoms with Crippen molar-refractivity contribution < 1.29 is 14.0 Å². The van der Waals surface area contributed by atoms with E-state index in [0.717, 1.165) is 36.5 Å². The molecule has 0 radical (unpaired) electrons. The normalized spacial score (nSPS) is 14.7. The van der Waals surface area contributed by atoms with Gasteiger partial charge in [0.1, 0.15) is 6.04 Å². The SMILES string of the molecule is O=C(Cc1csc(-c2ccco2)n1)NC(Cc1ccccc1)C(=O)N1CCCC1. The van der Waals surface area contributed by atoms with Crippen molar-refractivity contribution in [1.29, 1.82) is 0 Å². The first-order valence-electron chi connectivity index (χ1n) is 9.79. The smallest absolute Gasteiger partial charge is 0.245 e. The maximum atomic E-state index is 13.0. The Morgan fingerprint density at radius 3 is 2.66 bits per heavy atom. The number of benzene rings is 1. The van der Waals surface area contributed by atoms with Crippen molar-refractivity contribution in [3.63, 3.8) is 0 Å². The summed E-state index contributed by atoms with van der Waals surface area (Å²) in [5.41, 5.74) is 1.70. The van der Waals surface area contributed by atoms with Crippen LogP contribution in [0.1, 0.15) is 24.1 Å². The van der Waals surface area contributed by atoms with Gasteiger partial charge in [-0.25, -0.2) is 4.98 Å². The average molecular weight is 410 g/mol. The van der Waals surface area contributed by atoms with E-state index >= 15 is 0 Å². The zero-order valence-electron chi connectivity index (χ0n) is 16.0. The molecular weight excluding hydrogens is 386 g/mol. The molecule has 7 heteroatoms. The highest BCUT2D eigenvalue weighted by atomic mass is 32.1. The molecule has 3 heterocycles. The number of nitrogens with one attached hydrogen (secondary N) is 1. The van der Waals surface area contributed by atoms with Crippen LogP contribution < -0.4 is 5.32 Å². The van der Waals surface area contributed by atoms with E-state index in [1.165, 1.54) is 11.3 Å². The van der Waals surface area contributed by atoms with Gasteiger partial charge in [-0.3, -0.25) is 9.59 Å². The number of likely N-dealkylation sites (tertiary alicyclic amines) is 1. The second kappa shape index (κ2) is 9.05. The largest absolute Gasteiger partial charge is 0.462 e. The van der Waals surface area contributed by atoms with Crippen LogP contribution in [0.3, 0.4) is 0 Å². The Kier molecular flexibility index (Phi) is 6.05. The Balaban J connectivity index is 1.43. The van der Waals surface area contributed by atoms with Gasteiger partial charge in [-0.15, -0.1) is 11.3 Å². The fourth-order valence-electron chi connectivity index (χ4n) is 3.52. The topological polar surface area (TPSA) is 75.4 Å². The number of carbonyl (C=O) groups is 2. The molecule has 0 spiro atoms. The lowest BCUT2D eigenvalue weighted by atomic mass is 10.0. The summed E-state index contributed by atoms with van der Waals surface area (Å²) in [6.07, 6.45) is 4.26. The van der Waals surface area contributed by atoms with Crippen LogP contribution in [0.4, 0.5) is 0 Å². The Morgan fingerprint density at radius 1 is 1.14 bits per heavy atom. The van der Waals surface area contributed by atoms with E-state index < -0.39 is 6.04 Å². The summed E-state index contributed by atoms with van der Waals surface area (Å²) >= 11 is 1.44. The van der Waals surface area contributed by atoms with Gasteiger partial charge in [0.05, 0.1) is 18.4 Å². The van der Waals surface area contributed by atoms with Crippen molar-refractivity contribution in [3.8, 4) is 10.8 Å². The number of nitrogens with zero attached hydrogens (tertiary/aromatic N) is 2. The Morgan fingerprint density at radius 2 is 1.93 bits per heavy atom. The van der Waals surface area contributed by atoms with Crippen LogP contribution in [0.5, 0.6) is 0 Å². The lowest BCUT2D eigenvalue weighted by Gasteiger charge is -2.24. The minimum absolute atomic E-state index is 0.00532. The summed E-state index contributed by atoms with van der Waals surface area (Å²) in [6, 6.07) is 12.9. The number of thiazole rings is 1. The molecule has 0 aliphatic carbocycles. The maximum absolute atomic E-state index is 13.0. The molecule has 1 aliphatic rings. The van der Waals surface area contributed by atoms with Crippen LogP contribution in [0.25, 0.3) is 10.8 Å². The van der Waals surface area contributed by atoms with Gasteiger partial charge in [0.25, 0.3) is 0 Å². The van der Waals surface area contributed by atoms with E-state index in [1.807, 2.05) is 46.7 Å². The number of amides is 2. The number of carbonyl (C=O) groups excluding carboxylic acids is 2. The van der Waals surface area contributed by atoms with Gasteiger partial charge in [-0.1, -0.05) is 30.3 Å². The predicted octanol–water partition coefficient (Wildman–Crippen LogP) is 3.30. The van der Waals surface area contributed by atoms with E-state index in [2.05, 4.69) is 10.3 Å². The first kappa shape index (κ1) is 19.4. The van der Waals surface area contributed by atoms with Crippen molar-refractivity contribution in [2.24, 2.45) is 0 Å². The molecule has 1 N–H and O–H groups in total. The van der Waals surface area contributed by atoms with Gasteiger partial charge >= 0.3 is 0 Å². The van der Waals surface area contributed by atoms with Crippen LogP contribution in [0, 0.1) is 0 Å². The van der Waals surface area contributed by atoms with E-state index in [4.69, 9.17) is 4.42 Å². The zero-order chi connectivity index (χ0) is 20.1. The van der Waals surface area contributed by atoms with E-state index in [-0.39, 0.29) is 18.2 Å². The standard InChI is InChI=1S/C22H23N3O3S/c26-20(14-17-15-29-21(23-17)19-9-6-12-28-19)24-18(13-16-7-2-1-3-8-16)22(27)25-10-4-5-11-25/h1-3,6-9,12,15,18H,4-5,10-11,13-14H2,(H,24,26). The van der Waals surface area contributed by atoms with Crippen molar-refractivity contribution in [1.82, 2.24) is 15.2 Å². The third-order valence-electron chi connectivity index (χ3n) is 4.96. The molecule has 1 atom stereocenters. The fourth-order valence-corrected chi connectivity index (χ4v) is 4.31. The molecule has 29 heavy (non-hydrogen) atoms. The number of rotatable bonds is 7. The second-order valence-corrected chi connectivity index (χ2v) is 8.00. The van der Waals surface area contributed by atoms with Gasteiger partial charge in [0.2, 0.25) is 11.8 Å². The van der Waals surface area contributed by atoms with Gasteiger partial charge in [-0.05, 0) is 30.5 Å². The Labute approximate surface area is 173 Å². The first-order chi connectivity index (χ1) is 14.2. The van der Waals surface area contributed by atoms with Crippen LogP contribution in [0.2, 0.25) is 0 Å². The maximum Gasteiger partial charge on any atom is 0.245 e. The van der Waals surface area contributed by atoms with Crippen LogP contribution >= 0.6 is 11.3 Å². The summed E-state index contributed by atoms with van der Waals surface area (Å²) in [4.78, 5) is 32.0. The van der Waals surface area contributed by atoms with Crippen LogP contribution in [-0.2, 0) is 22.4 Å². The fraction of sp³-hybridized carbons (Fsp3) is 0.318. The molecule has 1 saturated heterocycles. The molecule has 1 unspecified atom stereocenters. The zero-order valence-corrected chi connectivity index (χ0v) is 16.9. The second-order valence-electron chi connectivity index (χ2n) is 7.14. The molecule has 1 aliphatic heterocycles. The minimum Gasteiger partial charge on any atom is -0.462 e. The molecule has 150 valence electrons. The third kappa shape index (κ3) is 4.92. The number of aromatic nitrogens is 1. The minimum atomic E-state index is -0.564. The van der Waals surface area contributed by atoms with Crippen molar-refractivity contribution >= 4 is 23.2 Å². The summed E-state index contributed by atoms with van der Waals surface area (Å²) < 4.78 is 5.35. The number of hydrogen-bond donors (Lipinski definition) is 1. The summed E-state index contributed by atoms with van der Waals surface area (Å²) in [7, 11) is 0. The molecule has 0 saturated carbocycles. The first-order valence-corrected chi connectivity index (χ1v) is 10.7. The lowest BCUT2D eigenvalue weighted by molar-refractivity contribution is -0.135. The van der Waals surface area contributed by atoms with E-state index in [9.17, 15) is 9.59 Å². The molecular formula is C22H23N3O3S. The van der Waals surface area contributed by atoms with Crippen molar-refractivity contribution in [3.05, 3.63) is 65.4 Å². The quantitative estimate of drug-likeness (QED) is 0.650. The highest BCUT2D eigenvalue weighted by Gasteiger charge is 2.28. The van der Waals surface area contributed by atoms with Crippen molar-refractivity contribution in [2.45, 2.75) is 31.7 Å². The lowest BCUT2D eigenvalue weighted by Crippen LogP contribution is -2.49. The summed E-state index contributed by atoms with van der Waals surface area (Å²) in [5, 5.41) is 5.54. The van der Waals surface area contributed by atoms with Gasteiger partial charge < -0.3 is 14.6 Å². The van der Waals surface area contributed by atoms with Crippen LogP contribution in [-0.4, -0.2) is 40.8 Å². The highest BCUT2D eigenvalue weighted by molar-refractivity contribution is 7.13. The van der Waals surface area contributed by atoms with Gasteiger partial charge in [0.15, 0.2) is 10.8 Å². The van der Waals surface area contributed by atoms with Crippen molar-refractivity contribution in [2.75, 3.05) is 13.1 Å². The third-order valence-corrected chi connectivity index (χ3v) is 5.86. The van der Waals surface area contributed by atoms with Gasteiger partial charge in [0, 0.05) is 24.9 Å². The predicted molar refractivity (Wildman–Crippen MR) is 111 cm³/mol. The van der Waals surface area contributed by atoms with E-state index in [0.29, 0.717) is 17.9 Å². The number of furan rings is 1. The average Bonchev–Trinajstić information content (AvgIpc) is 3.49. The van der Waals surface area contributed by atoms with Crippen LogP contribution in [0.15, 0.2) is 58.5 Å². The molecule has 2 aromatic heterocycles. The highest BCUT2D eigenvalue weighted by Crippen LogP contribution is 2.24. The summed E-state index contributed by atoms with van der Waals surface area (Å²) in [5.74, 6) is 0.483. The molecule has 6 nitrogen and oxygen atoms in total.